The molecule has 4 rings (SSSR count). The maximum absolute atomic E-state index is 9.66. The number of rotatable bonds is 1. The zero-order chi connectivity index (χ0) is 13.7. The Morgan fingerprint density at radius 3 is 2.95 bits per heavy atom. The third kappa shape index (κ3) is 1.76. The van der Waals surface area contributed by atoms with Crippen molar-refractivity contribution in [3.63, 3.8) is 0 Å². The standard InChI is InChI=1S/C16H17N3O/c1-11-2-3-14-15(8-11)19-7-4-12(9-16(19)17-14)18-6-5-13(20)10-18/h2-4,7-9,13,20H,5-6,10H2,1H3. The highest BCUT2D eigenvalue weighted by atomic mass is 16.3. The molecule has 2 aromatic heterocycles. The number of hydrogen-bond donors (Lipinski definition) is 1. The molecule has 1 N–H and O–H groups in total. The molecule has 0 spiro atoms. The monoisotopic (exact) mass is 267 g/mol. The van der Waals surface area contributed by atoms with E-state index in [1.165, 1.54) is 5.56 Å². The van der Waals surface area contributed by atoms with Crippen molar-refractivity contribution in [1.29, 1.82) is 0 Å². The summed E-state index contributed by atoms with van der Waals surface area (Å²) in [4.78, 5) is 6.90. The Balaban J connectivity index is 1.85. The Morgan fingerprint density at radius 2 is 2.15 bits per heavy atom. The Morgan fingerprint density at radius 1 is 1.25 bits per heavy atom. The van der Waals surface area contributed by atoms with E-state index in [0.29, 0.717) is 0 Å². The second kappa shape index (κ2) is 4.21. The molecule has 1 unspecified atom stereocenters. The zero-order valence-electron chi connectivity index (χ0n) is 11.5. The van der Waals surface area contributed by atoms with Crippen LogP contribution in [0.15, 0.2) is 36.5 Å². The van der Waals surface area contributed by atoms with Crippen molar-refractivity contribution in [2.24, 2.45) is 0 Å². The van der Waals surface area contributed by atoms with E-state index in [9.17, 15) is 5.11 Å². The first-order valence-corrected chi connectivity index (χ1v) is 7.02. The predicted molar refractivity (Wildman–Crippen MR) is 80.3 cm³/mol. The van der Waals surface area contributed by atoms with Crippen molar-refractivity contribution in [3.8, 4) is 0 Å². The molecule has 102 valence electrons. The van der Waals surface area contributed by atoms with Gasteiger partial charge in [-0.1, -0.05) is 6.07 Å². The fraction of sp³-hybridized carbons (Fsp3) is 0.312. The molecule has 3 aromatic rings. The van der Waals surface area contributed by atoms with Crippen LogP contribution in [0.4, 0.5) is 5.69 Å². The number of fused-ring (bicyclic) bond motifs is 3. The van der Waals surface area contributed by atoms with Crippen molar-refractivity contribution in [2.45, 2.75) is 19.4 Å². The maximum Gasteiger partial charge on any atom is 0.139 e. The Labute approximate surface area is 117 Å². The summed E-state index contributed by atoms with van der Waals surface area (Å²) in [6.45, 7) is 3.73. The van der Waals surface area contributed by atoms with Crippen LogP contribution in [0, 0.1) is 6.92 Å². The summed E-state index contributed by atoms with van der Waals surface area (Å²) in [5.74, 6) is 0. The molecule has 0 saturated carbocycles. The van der Waals surface area contributed by atoms with Crippen LogP contribution >= 0.6 is 0 Å². The van der Waals surface area contributed by atoms with E-state index in [2.05, 4.69) is 57.7 Å². The second-order valence-electron chi connectivity index (χ2n) is 5.61. The van der Waals surface area contributed by atoms with Gasteiger partial charge in [-0.3, -0.25) is 4.40 Å². The normalized spacial score (nSPS) is 19.3. The molecule has 1 aliphatic heterocycles. The number of aliphatic hydroxyl groups excluding tert-OH is 1. The molecule has 3 heterocycles. The Kier molecular flexibility index (Phi) is 2.47. The van der Waals surface area contributed by atoms with Gasteiger partial charge in [0.05, 0.1) is 17.1 Å². The number of benzene rings is 1. The number of aromatic nitrogens is 2. The van der Waals surface area contributed by atoms with Gasteiger partial charge in [-0.05, 0) is 37.1 Å². The third-order valence-electron chi connectivity index (χ3n) is 4.07. The summed E-state index contributed by atoms with van der Waals surface area (Å²) in [6, 6.07) is 10.5. The van der Waals surface area contributed by atoms with Gasteiger partial charge in [0.25, 0.3) is 0 Å². The van der Waals surface area contributed by atoms with E-state index >= 15 is 0 Å². The van der Waals surface area contributed by atoms with E-state index in [1.54, 1.807) is 0 Å². The molecule has 1 saturated heterocycles. The molecule has 0 radical (unpaired) electrons. The number of aryl methyl sites for hydroxylation is 1. The van der Waals surface area contributed by atoms with Gasteiger partial charge in [0.1, 0.15) is 5.65 Å². The van der Waals surface area contributed by atoms with Crippen molar-refractivity contribution in [3.05, 3.63) is 42.1 Å². The van der Waals surface area contributed by atoms with Gasteiger partial charge in [-0.15, -0.1) is 0 Å². The van der Waals surface area contributed by atoms with Crippen LogP contribution < -0.4 is 4.90 Å². The molecule has 4 nitrogen and oxygen atoms in total. The van der Waals surface area contributed by atoms with Crippen LogP contribution in [0.3, 0.4) is 0 Å². The minimum absolute atomic E-state index is 0.201. The van der Waals surface area contributed by atoms with E-state index in [0.717, 1.165) is 41.9 Å². The predicted octanol–water partition coefficient (Wildman–Crippen LogP) is 2.37. The average Bonchev–Trinajstić information content (AvgIpc) is 3.01. The van der Waals surface area contributed by atoms with Crippen molar-refractivity contribution in [1.82, 2.24) is 9.38 Å². The molecular formula is C16H17N3O. The van der Waals surface area contributed by atoms with E-state index in [-0.39, 0.29) is 6.10 Å². The summed E-state index contributed by atoms with van der Waals surface area (Å²) in [7, 11) is 0. The number of nitrogens with zero attached hydrogens (tertiary/aromatic N) is 3. The lowest BCUT2D eigenvalue weighted by Crippen LogP contribution is -2.21. The number of β-amino-alcohol motifs (C(OH)–C–C–N with tert-alkyl or cyclic N) is 1. The van der Waals surface area contributed by atoms with E-state index < -0.39 is 0 Å². The largest absolute Gasteiger partial charge is 0.391 e. The van der Waals surface area contributed by atoms with Gasteiger partial charge in [0.2, 0.25) is 0 Å². The summed E-state index contributed by atoms with van der Waals surface area (Å²) >= 11 is 0. The lowest BCUT2D eigenvalue weighted by atomic mass is 10.2. The average molecular weight is 267 g/mol. The van der Waals surface area contributed by atoms with Crippen LogP contribution in [0.2, 0.25) is 0 Å². The number of pyridine rings is 1. The highest BCUT2D eigenvalue weighted by molar-refractivity contribution is 5.82. The first kappa shape index (κ1) is 11.7. The molecule has 0 aliphatic carbocycles. The minimum atomic E-state index is -0.201. The van der Waals surface area contributed by atoms with Gasteiger partial charge < -0.3 is 10.0 Å². The number of anilines is 1. The number of hydrogen-bond acceptors (Lipinski definition) is 3. The van der Waals surface area contributed by atoms with Crippen LogP contribution in [0.5, 0.6) is 0 Å². The molecule has 1 aliphatic rings. The zero-order valence-corrected chi connectivity index (χ0v) is 11.5. The molecule has 0 amide bonds. The van der Waals surface area contributed by atoms with Crippen molar-refractivity contribution < 1.29 is 5.11 Å². The van der Waals surface area contributed by atoms with E-state index in [4.69, 9.17) is 0 Å². The van der Waals surface area contributed by atoms with Crippen LogP contribution in [0.1, 0.15) is 12.0 Å². The molecule has 4 heteroatoms. The molecule has 1 aromatic carbocycles. The van der Waals surface area contributed by atoms with Gasteiger partial charge in [0, 0.05) is 31.0 Å². The summed E-state index contributed by atoms with van der Waals surface area (Å²) in [6.07, 6.45) is 2.72. The quantitative estimate of drug-likeness (QED) is 0.736. The fourth-order valence-corrected chi connectivity index (χ4v) is 2.98. The van der Waals surface area contributed by atoms with Crippen LogP contribution in [-0.4, -0.2) is 33.7 Å². The van der Waals surface area contributed by atoms with Gasteiger partial charge in [-0.2, -0.15) is 0 Å². The molecular weight excluding hydrogens is 250 g/mol. The fourth-order valence-electron chi connectivity index (χ4n) is 2.98. The number of aliphatic hydroxyl groups is 1. The van der Waals surface area contributed by atoms with E-state index in [1.807, 2.05) is 0 Å². The minimum Gasteiger partial charge on any atom is -0.391 e. The lowest BCUT2D eigenvalue weighted by Gasteiger charge is -2.17. The van der Waals surface area contributed by atoms with Crippen LogP contribution in [-0.2, 0) is 0 Å². The second-order valence-corrected chi connectivity index (χ2v) is 5.61. The lowest BCUT2D eigenvalue weighted by molar-refractivity contribution is 0.198. The Bertz CT molecular complexity index is 793. The maximum atomic E-state index is 9.66. The first-order chi connectivity index (χ1) is 9.70. The smallest absolute Gasteiger partial charge is 0.139 e. The molecule has 1 fully saturated rings. The third-order valence-corrected chi connectivity index (χ3v) is 4.07. The van der Waals surface area contributed by atoms with Crippen molar-refractivity contribution in [2.75, 3.05) is 18.0 Å². The summed E-state index contributed by atoms with van der Waals surface area (Å²) < 4.78 is 2.12. The number of imidazole rings is 1. The molecule has 0 bridgehead atoms. The SMILES string of the molecule is Cc1ccc2nc3cc(N4CCC(O)C4)ccn3c2c1. The van der Waals surface area contributed by atoms with Gasteiger partial charge >= 0.3 is 0 Å². The first-order valence-electron chi connectivity index (χ1n) is 7.02. The van der Waals surface area contributed by atoms with Crippen LogP contribution in [0.25, 0.3) is 16.7 Å². The van der Waals surface area contributed by atoms with Crippen molar-refractivity contribution >= 4 is 22.4 Å². The highest BCUT2D eigenvalue weighted by Gasteiger charge is 2.20. The molecule has 1 atom stereocenters. The summed E-state index contributed by atoms with van der Waals surface area (Å²) in [5, 5.41) is 9.66. The van der Waals surface area contributed by atoms with Gasteiger partial charge in [0.15, 0.2) is 0 Å². The highest BCUT2D eigenvalue weighted by Crippen LogP contribution is 2.24. The topological polar surface area (TPSA) is 40.8 Å². The summed E-state index contributed by atoms with van der Waals surface area (Å²) in [5.41, 5.74) is 5.51. The van der Waals surface area contributed by atoms with Gasteiger partial charge in [-0.25, -0.2) is 4.98 Å². The Hall–Kier alpha value is -2.07. The molecule has 20 heavy (non-hydrogen) atoms.